The molecule has 2 N–H and O–H groups in total. The Morgan fingerprint density at radius 3 is 2.71 bits per heavy atom. The van der Waals surface area contributed by atoms with Crippen LogP contribution >= 0.6 is 23.1 Å². The lowest BCUT2D eigenvalue weighted by molar-refractivity contribution is -0.115. The second-order valence-electron chi connectivity index (χ2n) is 10.00. The van der Waals surface area contributed by atoms with Crippen molar-refractivity contribution in [3.8, 4) is 5.69 Å². The Kier molecular flexibility index (Phi) is 9.12. The number of esters is 1. The molecule has 0 radical (unpaired) electrons. The van der Waals surface area contributed by atoms with Crippen LogP contribution in [0.5, 0.6) is 0 Å². The van der Waals surface area contributed by atoms with Crippen LogP contribution in [0.3, 0.4) is 0 Å². The molecule has 4 aromatic rings. The maximum Gasteiger partial charge on any atom is 0.341 e. The van der Waals surface area contributed by atoms with E-state index in [0.717, 1.165) is 52.9 Å². The van der Waals surface area contributed by atoms with Crippen LogP contribution < -0.4 is 10.6 Å². The van der Waals surface area contributed by atoms with Gasteiger partial charge in [-0.1, -0.05) is 23.9 Å². The van der Waals surface area contributed by atoms with E-state index in [9.17, 15) is 14.4 Å². The lowest BCUT2D eigenvalue weighted by atomic mass is 9.95. The molecule has 42 heavy (non-hydrogen) atoms. The number of thiophene rings is 1. The van der Waals surface area contributed by atoms with Crippen molar-refractivity contribution >= 4 is 45.9 Å². The third-order valence-corrected chi connectivity index (χ3v) is 9.46. The van der Waals surface area contributed by atoms with Gasteiger partial charge in [-0.15, -0.1) is 21.5 Å². The number of furan rings is 1. The molecule has 1 atom stereocenters. The molecular weight excluding hydrogens is 574 g/mol. The largest absolute Gasteiger partial charge is 0.462 e. The summed E-state index contributed by atoms with van der Waals surface area (Å²) >= 11 is 2.71. The number of ether oxygens (including phenoxy) is 1. The lowest BCUT2D eigenvalue weighted by Crippen LogP contribution is -2.25. The van der Waals surface area contributed by atoms with Gasteiger partial charge in [-0.25, -0.2) is 4.79 Å². The summed E-state index contributed by atoms with van der Waals surface area (Å²) in [5.74, 6) is -0.316. The van der Waals surface area contributed by atoms with Crippen molar-refractivity contribution in [3.63, 3.8) is 0 Å². The summed E-state index contributed by atoms with van der Waals surface area (Å²) in [6.45, 7) is 7.96. The minimum atomic E-state index is -0.571. The Morgan fingerprint density at radius 1 is 1.14 bits per heavy atom. The van der Waals surface area contributed by atoms with E-state index in [1.807, 2.05) is 36.6 Å². The zero-order chi connectivity index (χ0) is 29.8. The monoisotopic (exact) mass is 607 g/mol. The number of thioether (sulfide) groups is 1. The van der Waals surface area contributed by atoms with Crippen LogP contribution in [0.1, 0.15) is 75.0 Å². The SMILES string of the molecule is CCOC(=O)c1c(NC(=O)[C@@H](C)Sc2nnc(CNC(=O)c3ccco3)n2-c2cccc(C)c2C)sc2c1CCCC2. The highest BCUT2D eigenvalue weighted by molar-refractivity contribution is 8.00. The highest BCUT2D eigenvalue weighted by Crippen LogP contribution is 2.39. The van der Waals surface area contributed by atoms with E-state index in [4.69, 9.17) is 9.15 Å². The second-order valence-corrected chi connectivity index (χ2v) is 12.4. The minimum Gasteiger partial charge on any atom is -0.462 e. The van der Waals surface area contributed by atoms with E-state index in [-0.39, 0.29) is 30.7 Å². The maximum atomic E-state index is 13.5. The summed E-state index contributed by atoms with van der Waals surface area (Å²) in [4.78, 5) is 40.0. The van der Waals surface area contributed by atoms with Crippen molar-refractivity contribution in [3.05, 3.63) is 75.3 Å². The van der Waals surface area contributed by atoms with Crippen molar-refractivity contribution in [1.82, 2.24) is 20.1 Å². The van der Waals surface area contributed by atoms with E-state index >= 15 is 0 Å². The lowest BCUT2D eigenvalue weighted by Gasteiger charge is -2.16. The van der Waals surface area contributed by atoms with Crippen LogP contribution in [0.25, 0.3) is 5.69 Å². The van der Waals surface area contributed by atoms with Crippen LogP contribution in [-0.2, 0) is 28.9 Å². The molecule has 3 aromatic heterocycles. The Morgan fingerprint density at radius 2 is 1.95 bits per heavy atom. The number of benzene rings is 1. The van der Waals surface area contributed by atoms with Crippen molar-refractivity contribution < 1.29 is 23.5 Å². The summed E-state index contributed by atoms with van der Waals surface area (Å²) in [5, 5.41) is 15.1. The highest BCUT2D eigenvalue weighted by Gasteiger charge is 2.29. The number of aryl methyl sites for hydroxylation is 2. The quantitative estimate of drug-likeness (QED) is 0.175. The van der Waals surface area contributed by atoms with Gasteiger partial charge >= 0.3 is 5.97 Å². The number of hydrogen-bond donors (Lipinski definition) is 2. The summed E-state index contributed by atoms with van der Waals surface area (Å²) in [7, 11) is 0. The Labute approximate surface area is 252 Å². The predicted molar refractivity (Wildman–Crippen MR) is 162 cm³/mol. The molecule has 0 unspecified atom stereocenters. The first-order valence-electron chi connectivity index (χ1n) is 13.9. The first-order valence-corrected chi connectivity index (χ1v) is 15.6. The van der Waals surface area contributed by atoms with Crippen molar-refractivity contribution in [1.29, 1.82) is 0 Å². The molecule has 0 fully saturated rings. The van der Waals surface area contributed by atoms with Gasteiger partial charge in [0, 0.05) is 4.88 Å². The van der Waals surface area contributed by atoms with Gasteiger partial charge in [0.05, 0.1) is 35.9 Å². The van der Waals surface area contributed by atoms with Gasteiger partial charge < -0.3 is 19.8 Å². The molecule has 1 aliphatic carbocycles. The van der Waals surface area contributed by atoms with Gasteiger partial charge in [0.1, 0.15) is 5.00 Å². The summed E-state index contributed by atoms with van der Waals surface area (Å²) in [6, 6.07) is 9.16. The fraction of sp³-hybridized carbons (Fsp3) is 0.367. The average molecular weight is 608 g/mol. The molecule has 0 saturated heterocycles. The van der Waals surface area contributed by atoms with Gasteiger partial charge in [0.25, 0.3) is 5.91 Å². The molecule has 0 bridgehead atoms. The standard InChI is InChI=1S/C30H33N5O5S2/c1-5-39-29(38)25-20-11-6-7-14-23(20)42-28(25)32-26(36)19(4)41-30-34-33-24(16-31-27(37)22-13-9-15-40-22)35(30)21-12-8-10-17(2)18(21)3/h8-10,12-13,15,19H,5-7,11,14,16H2,1-4H3,(H,31,37)(H,32,36)/t19-/m1/s1. The van der Waals surface area contributed by atoms with E-state index in [0.29, 0.717) is 21.5 Å². The zero-order valence-corrected chi connectivity index (χ0v) is 25.6. The molecule has 5 rings (SSSR count). The molecule has 1 aliphatic rings. The number of rotatable bonds is 10. The summed E-state index contributed by atoms with van der Waals surface area (Å²) in [6.07, 6.45) is 5.21. The van der Waals surface area contributed by atoms with E-state index in [2.05, 4.69) is 20.8 Å². The molecule has 3 heterocycles. The van der Waals surface area contributed by atoms with Gasteiger partial charge in [-0.05, 0) is 88.3 Å². The number of anilines is 1. The van der Waals surface area contributed by atoms with Crippen LogP contribution in [0.2, 0.25) is 0 Å². The third-order valence-electron chi connectivity index (χ3n) is 7.21. The van der Waals surface area contributed by atoms with Crippen LogP contribution in [0.15, 0.2) is 46.2 Å². The number of nitrogens with one attached hydrogen (secondary N) is 2. The fourth-order valence-corrected chi connectivity index (χ4v) is 7.02. The number of amides is 2. The smallest absolute Gasteiger partial charge is 0.341 e. The zero-order valence-electron chi connectivity index (χ0n) is 24.0. The molecule has 1 aromatic carbocycles. The Balaban J connectivity index is 1.40. The average Bonchev–Trinajstić information content (AvgIpc) is 3.72. The molecule has 12 heteroatoms. The van der Waals surface area contributed by atoms with Gasteiger partial charge in [0.15, 0.2) is 16.7 Å². The molecule has 220 valence electrons. The number of nitrogens with zero attached hydrogens (tertiary/aromatic N) is 3. The normalized spacial score (nSPS) is 13.3. The fourth-order valence-electron chi connectivity index (χ4n) is 4.86. The number of hydrogen-bond acceptors (Lipinski definition) is 9. The Hall–Kier alpha value is -3.90. The molecular formula is C30H33N5O5S2. The van der Waals surface area contributed by atoms with E-state index in [1.54, 1.807) is 26.0 Å². The summed E-state index contributed by atoms with van der Waals surface area (Å²) < 4.78 is 12.4. The predicted octanol–water partition coefficient (Wildman–Crippen LogP) is 5.64. The van der Waals surface area contributed by atoms with Crippen LogP contribution in [0.4, 0.5) is 5.00 Å². The van der Waals surface area contributed by atoms with Gasteiger partial charge in [-0.3, -0.25) is 14.2 Å². The molecule has 10 nitrogen and oxygen atoms in total. The van der Waals surface area contributed by atoms with Crippen molar-refractivity contribution in [2.75, 3.05) is 11.9 Å². The minimum absolute atomic E-state index is 0.102. The summed E-state index contributed by atoms with van der Waals surface area (Å²) in [5.41, 5.74) is 4.44. The Bertz CT molecular complexity index is 1610. The first kappa shape index (κ1) is 29.6. The van der Waals surface area contributed by atoms with E-state index < -0.39 is 11.2 Å². The van der Waals surface area contributed by atoms with Crippen LogP contribution in [0, 0.1) is 13.8 Å². The first-order chi connectivity index (χ1) is 20.3. The van der Waals surface area contributed by atoms with Crippen molar-refractivity contribution in [2.24, 2.45) is 0 Å². The molecule has 0 spiro atoms. The maximum absolute atomic E-state index is 13.5. The van der Waals surface area contributed by atoms with Gasteiger partial charge in [0.2, 0.25) is 5.91 Å². The number of fused-ring (bicyclic) bond motifs is 1. The highest BCUT2D eigenvalue weighted by atomic mass is 32.2. The molecule has 0 aliphatic heterocycles. The molecule has 0 saturated carbocycles. The topological polar surface area (TPSA) is 128 Å². The second kappa shape index (κ2) is 13.0. The number of carbonyl (C=O) groups is 3. The van der Waals surface area contributed by atoms with E-state index in [1.165, 1.54) is 29.4 Å². The molecule has 2 amide bonds. The van der Waals surface area contributed by atoms with Crippen molar-refractivity contribution in [2.45, 2.75) is 70.3 Å². The van der Waals surface area contributed by atoms with Gasteiger partial charge in [-0.2, -0.15) is 0 Å². The number of aromatic nitrogens is 3. The van der Waals surface area contributed by atoms with Crippen LogP contribution in [-0.4, -0.2) is 44.4 Å². The number of carbonyl (C=O) groups excluding carboxylic acids is 3. The third kappa shape index (κ3) is 6.14.